The molecular weight excluding hydrogens is 228 g/mol. The third kappa shape index (κ3) is 2.87. The summed E-state index contributed by atoms with van der Waals surface area (Å²) in [6, 6.07) is 0.849. The molecule has 3 heterocycles. The molecule has 0 saturated carbocycles. The second kappa shape index (κ2) is 5.87. The van der Waals surface area contributed by atoms with Gasteiger partial charge in [0, 0.05) is 25.2 Å². The Morgan fingerprint density at radius 1 is 1.22 bits per heavy atom. The number of hydrogen-bond acceptors (Lipinski definition) is 4. The van der Waals surface area contributed by atoms with Crippen molar-refractivity contribution in [3.05, 3.63) is 0 Å². The summed E-state index contributed by atoms with van der Waals surface area (Å²) < 4.78 is 11.6. The normalized spacial score (nSPS) is 38.8. The van der Waals surface area contributed by atoms with Crippen LogP contribution in [0, 0.1) is 0 Å². The van der Waals surface area contributed by atoms with Gasteiger partial charge in [0.05, 0.1) is 18.8 Å². The number of hydrogen-bond donors (Lipinski definition) is 1. The fraction of sp³-hybridized carbons (Fsp3) is 1.00. The summed E-state index contributed by atoms with van der Waals surface area (Å²) in [5.74, 6) is 0. The topological polar surface area (TPSA) is 47.7 Å². The monoisotopic (exact) mass is 254 g/mol. The van der Waals surface area contributed by atoms with Gasteiger partial charge in [-0.25, -0.2) is 0 Å². The molecule has 18 heavy (non-hydrogen) atoms. The van der Waals surface area contributed by atoms with E-state index in [0.717, 1.165) is 32.6 Å². The molecule has 3 rings (SSSR count). The summed E-state index contributed by atoms with van der Waals surface area (Å²) in [5.41, 5.74) is 6.30. The Morgan fingerprint density at radius 3 is 3.00 bits per heavy atom. The highest BCUT2D eigenvalue weighted by Gasteiger charge is 2.34. The fourth-order valence-corrected chi connectivity index (χ4v) is 3.54. The SMILES string of the molecule is NC(CCC1CCCO1)C1CN2CCCC2CO1. The number of morpholine rings is 1. The Hall–Kier alpha value is -0.160. The average Bonchev–Trinajstić information content (AvgIpc) is 3.05. The second-order valence-electron chi connectivity index (χ2n) is 6.04. The zero-order valence-corrected chi connectivity index (χ0v) is 11.2. The van der Waals surface area contributed by atoms with E-state index in [-0.39, 0.29) is 12.1 Å². The van der Waals surface area contributed by atoms with Crippen molar-refractivity contribution in [3.63, 3.8) is 0 Å². The van der Waals surface area contributed by atoms with Gasteiger partial charge >= 0.3 is 0 Å². The number of fused-ring (bicyclic) bond motifs is 1. The molecule has 0 aromatic heterocycles. The lowest BCUT2D eigenvalue weighted by molar-refractivity contribution is -0.0614. The van der Waals surface area contributed by atoms with Crippen LogP contribution in [0.5, 0.6) is 0 Å². The summed E-state index contributed by atoms with van der Waals surface area (Å²) in [7, 11) is 0. The molecule has 4 nitrogen and oxygen atoms in total. The van der Waals surface area contributed by atoms with Crippen molar-refractivity contribution in [1.29, 1.82) is 0 Å². The van der Waals surface area contributed by atoms with E-state index in [1.807, 2.05) is 0 Å². The largest absolute Gasteiger partial charge is 0.378 e. The van der Waals surface area contributed by atoms with Crippen LogP contribution in [0.15, 0.2) is 0 Å². The molecule has 3 saturated heterocycles. The van der Waals surface area contributed by atoms with Crippen molar-refractivity contribution < 1.29 is 9.47 Å². The van der Waals surface area contributed by atoms with Gasteiger partial charge in [-0.2, -0.15) is 0 Å². The lowest BCUT2D eigenvalue weighted by Gasteiger charge is -2.37. The molecule has 4 heteroatoms. The van der Waals surface area contributed by atoms with E-state index >= 15 is 0 Å². The minimum Gasteiger partial charge on any atom is -0.378 e. The molecule has 3 fully saturated rings. The van der Waals surface area contributed by atoms with E-state index in [4.69, 9.17) is 15.2 Å². The van der Waals surface area contributed by atoms with Gasteiger partial charge in [-0.3, -0.25) is 4.90 Å². The molecule has 4 atom stereocenters. The molecule has 2 N–H and O–H groups in total. The standard InChI is InChI=1S/C14H26N2O2/c15-13(6-5-12-4-2-8-17-12)14-9-16-7-1-3-11(16)10-18-14/h11-14H,1-10,15H2. The Kier molecular flexibility index (Phi) is 4.19. The van der Waals surface area contributed by atoms with E-state index in [1.165, 1.54) is 32.2 Å². The van der Waals surface area contributed by atoms with E-state index in [2.05, 4.69) is 4.90 Å². The zero-order chi connectivity index (χ0) is 12.4. The molecule has 0 spiro atoms. The Labute approximate surface area is 110 Å². The molecule has 0 amide bonds. The first-order valence-electron chi connectivity index (χ1n) is 7.56. The van der Waals surface area contributed by atoms with Crippen molar-refractivity contribution >= 4 is 0 Å². The lowest BCUT2D eigenvalue weighted by Crippen LogP contribution is -2.52. The first-order chi connectivity index (χ1) is 8.83. The highest BCUT2D eigenvalue weighted by molar-refractivity contribution is 4.89. The molecular formula is C14H26N2O2. The highest BCUT2D eigenvalue weighted by atomic mass is 16.5. The maximum absolute atomic E-state index is 6.30. The minimum atomic E-state index is 0.177. The van der Waals surface area contributed by atoms with Crippen molar-refractivity contribution in [2.24, 2.45) is 5.73 Å². The van der Waals surface area contributed by atoms with Gasteiger partial charge in [-0.1, -0.05) is 0 Å². The molecule has 0 aliphatic carbocycles. The quantitative estimate of drug-likeness (QED) is 0.817. The molecule has 4 unspecified atom stereocenters. The number of rotatable bonds is 4. The minimum absolute atomic E-state index is 0.177. The van der Waals surface area contributed by atoms with Gasteiger partial charge in [0.1, 0.15) is 0 Å². The fourth-order valence-electron chi connectivity index (χ4n) is 3.54. The predicted molar refractivity (Wildman–Crippen MR) is 70.5 cm³/mol. The van der Waals surface area contributed by atoms with Crippen LogP contribution in [0.2, 0.25) is 0 Å². The molecule has 0 aromatic carbocycles. The molecule has 104 valence electrons. The summed E-state index contributed by atoms with van der Waals surface area (Å²) in [6.07, 6.45) is 7.89. The maximum atomic E-state index is 6.30. The van der Waals surface area contributed by atoms with Crippen LogP contribution in [-0.2, 0) is 9.47 Å². The number of nitrogens with two attached hydrogens (primary N) is 1. The van der Waals surface area contributed by atoms with Gasteiger partial charge in [-0.15, -0.1) is 0 Å². The van der Waals surface area contributed by atoms with Crippen molar-refractivity contribution in [1.82, 2.24) is 4.90 Å². The van der Waals surface area contributed by atoms with Crippen LogP contribution in [0.3, 0.4) is 0 Å². The Morgan fingerprint density at radius 2 is 2.17 bits per heavy atom. The lowest BCUT2D eigenvalue weighted by atomic mass is 10.0. The Bertz CT molecular complexity index is 269. The third-order valence-corrected chi connectivity index (χ3v) is 4.74. The zero-order valence-electron chi connectivity index (χ0n) is 11.2. The average molecular weight is 254 g/mol. The smallest absolute Gasteiger partial charge is 0.0853 e. The predicted octanol–water partition coefficient (Wildman–Crippen LogP) is 1.14. The van der Waals surface area contributed by atoms with E-state index < -0.39 is 0 Å². The van der Waals surface area contributed by atoms with E-state index in [1.54, 1.807) is 0 Å². The van der Waals surface area contributed by atoms with Crippen molar-refractivity contribution in [2.75, 3.05) is 26.3 Å². The van der Waals surface area contributed by atoms with Gasteiger partial charge in [-0.05, 0) is 45.1 Å². The van der Waals surface area contributed by atoms with Gasteiger partial charge in [0.15, 0.2) is 0 Å². The van der Waals surface area contributed by atoms with Gasteiger partial charge in [0.2, 0.25) is 0 Å². The van der Waals surface area contributed by atoms with Crippen molar-refractivity contribution in [3.8, 4) is 0 Å². The summed E-state index contributed by atoms with van der Waals surface area (Å²) in [6.45, 7) is 4.11. The molecule has 0 aromatic rings. The van der Waals surface area contributed by atoms with Crippen LogP contribution in [0.25, 0.3) is 0 Å². The summed E-state index contributed by atoms with van der Waals surface area (Å²) in [4.78, 5) is 2.57. The third-order valence-electron chi connectivity index (χ3n) is 4.74. The molecule has 3 aliphatic heterocycles. The van der Waals surface area contributed by atoms with Crippen LogP contribution in [-0.4, -0.2) is 55.5 Å². The van der Waals surface area contributed by atoms with E-state index in [0.29, 0.717) is 12.1 Å². The second-order valence-corrected chi connectivity index (χ2v) is 6.04. The maximum Gasteiger partial charge on any atom is 0.0853 e. The van der Waals surface area contributed by atoms with Crippen LogP contribution in [0.1, 0.15) is 38.5 Å². The highest BCUT2D eigenvalue weighted by Crippen LogP contribution is 2.25. The van der Waals surface area contributed by atoms with Crippen molar-refractivity contribution in [2.45, 2.75) is 62.8 Å². The summed E-state index contributed by atoms with van der Waals surface area (Å²) >= 11 is 0. The van der Waals surface area contributed by atoms with Crippen LogP contribution in [0.4, 0.5) is 0 Å². The van der Waals surface area contributed by atoms with Gasteiger partial charge in [0.25, 0.3) is 0 Å². The van der Waals surface area contributed by atoms with Crippen LogP contribution >= 0.6 is 0 Å². The summed E-state index contributed by atoms with van der Waals surface area (Å²) in [5, 5.41) is 0. The van der Waals surface area contributed by atoms with E-state index in [9.17, 15) is 0 Å². The first-order valence-corrected chi connectivity index (χ1v) is 7.56. The molecule has 3 aliphatic rings. The number of nitrogens with zero attached hydrogens (tertiary/aromatic N) is 1. The molecule has 0 bridgehead atoms. The molecule has 0 radical (unpaired) electrons. The first kappa shape index (κ1) is 12.9. The number of ether oxygens (including phenoxy) is 2. The Balaban J connectivity index is 1.42. The van der Waals surface area contributed by atoms with Gasteiger partial charge < -0.3 is 15.2 Å². The van der Waals surface area contributed by atoms with Crippen LogP contribution < -0.4 is 5.73 Å².